The van der Waals surface area contributed by atoms with Gasteiger partial charge in [0.25, 0.3) is 0 Å². The third-order valence-electron chi connectivity index (χ3n) is 15.7. The molecule has 380 valence electrons. The molecule has 3 N–H and O–H groups in total. The molecule has 0 saturated carbocycles. The predicted molar refractivity (Wildman–Crippen MR) is 246 cm³/mol. The molecule has 7 rings (SSSR count). The number of sulfone groups is 1. The van der Waals surface area contributed by atoms with Crippen LogP contribution in [-0.4, -0.2) is 159 Å². The summed E-state index contributed by atoms with van der Waals surface area (Å²) in [6, 6.07) is 0. The number of carbonyl (C=O) groups is 1. The monoisotopic (exact) mass is 967 g/mol. The van der Waals surface area contributed by atoms with Crippen molar-refractivity contribution in [1.29, 1.82) is 0 Å². The van der Waals surface area contributed by atoms with Crippen LogP contribution in [0.2, 0.25) is 0 Å². The summed E-state index contributed by atoms with van der Waals surface area (Å²) in [5.41, 5.74) is 0.0775. The second kappa shape index (κ2) is 21.7. The van der Waals surface area contributed by atoms with Crippen molar-refractivity contribution in [2.24, 2.45) is 23.7 Å². The first-order chi connectivity index (χ1) is 31.8. The van der Waals surface area contributed by atoms with E-state index in [2.05, 4.69) is 26.8 Å². The van der Waals surface area contributed by atoms with Gasteiger partial charge in [-0.05, 0) is 69.1 Å². The molecule has 2 bridgehead atoms. The van der Waals surface area contributed by atoms with Crippen molar-refractivity contribution in [3.63, 3.8) is 0 Å². The smallest absolute Gasteiger partial charge is 0.316 e. The van der Waals surface area contributed by atoms with Gasteiger partial charge in [0.05, 0.1) is 61.7 Å². The first-order valence-electron chi connectivity index (χ1n) is 24.6. The van der Waals surface area contributed by atoms with Gasteiger partial charge in [-0.25, -0.2) is 8.42 Å². The number of methoxy groups -OCH3 is 2. The molecule has 0 aromatic heterocycles. The number of ether oxygens (including phenoxy) is 10. The molecule has 0 aromatic rings. The van der Waals surface area contributed by atoms with Crippen molar-refractivity contribution in [2.45, 2.75) is 203 Å². The van der Waals surface area contributed by atoms with Gasteiger partial charge in [-0.1, -0.05) is 64.5 Å². The Morgan fingerprint density at radius 3 is 2.34 bits per heavy atom. The molecule has 0 aromatic carbocycles. The quantitative estimate of drug-likeness (QED) is 0.184. The molecule has 1 spiro atoms. The first kappa shape index (κ1) is 52.7. The molecular formula is C50H78O16S. The third-order valence-corrected chi connectivity index (χ3v) is 18.0. The maximum Gasteiger partial charge on any atom is 0.316 e. The number of allylic oxidation sites excluding steroid dienone is 2. The van der Waals surface area contributed by atoms with Crippen LogP contribution in [0.15, 0.2) is 47.1 Å². The zero-order chi connectivity index (χ0) is 48.6. The zero-order valence-electron chi connectivity index (χ0n) is 41.1. The summed E-state index contributed by atoms with van der Waals surface area (Å²) < 4.78 is 90.3. The van der Waals surface area contributed by atoms with Gasteiger partial charge < -0.3 is 62.7 Å². The van der Waals surface area contributed by atoms with E-state index in [0.29, 0.717) is 55.1 Å². The van der Waals surface area contributed by atoms with Crippen molar-refractivity contribution in [3.05, 3.63) is 47.1 Å². The van der Waals surface area contributed by atoms with Crippen LogP contribution in [0.4, 0.5) is 0 Å². The highest BCUT2D eigenvalue weighted by Crippen LogP contribution is 2.48. The number of esters is 1. The Kier molecular flexibility index (Phi) is 17.1. The van der Waals surface area contributed by atoms with E-state index in [0.717, 1.165) is 18.4 Å². The van der Waals surface area contributed by atoms with Crippen LogP contribution in [-0.2, 0) is 62.0 Å². The molecular weight excluding hydrogens is 889 g/mol. The highest BCUT2D eigenvalue weighted by molar-refractivity contribution is 7.92. The molecule has 0 amide bonds. The second-order valence-corrected chi connectivity index (χ2v) is 22.7. The Morgan fingerprint density at radius 1 is 0.940 bits per heavy atom. The summed E-state index contributed by atoms with van der Waals surface area (Å²) in [7, 11) is -0.637. The van der Waals surface area contributed by atoms with Crippen molar-refractivity contribution in [3.8, 4) is 0 Å². The van der Waals surface area contributed by atoms with E-state index in [9.17, 15) is 28.5 Å². The molecule has 6 aliphatic heterocycles. The molecule has 6 heterocycles. The number of carbonyl (C=O) groups excluding carboxylic acids is 1. The van der Waals surface area contributed by atoms with Gasteiger partial charge in [0.15, 0.2) is 28.2 Å². The average Bonchev–Trinajstić information content (AvgIpc) is 3.62. The fourth-order valence-electron chi connectivity index (χ4n) is 11.7. The molecule has 0 radical (unpaired) electrons. The van der Waals surface area contributed by atoms with Crippen LogP contribution in [0.3, 0.4) is 0 Å². The van der Waals surface area contributed by atoms with Crippen molar-refractivity contribution >= 4 is 15.8 Å². The molecule has 1 unspecified atom stereocenters. The van der Waals surface area contributed by atoms with Gasteiger partial charge in [0.1, 0.15) is 41.2 Å². The minimum Gasteiger partial charge on any atom is -0.462 e. The van der Waals surface area contributed by atoms with Gasteiger partial charge >= 0.3 is 5.97 Å². The number of aliphatic hydroxyl groups excluding tert-OH is 2. The first-order valence-corrected chi connectivity index (χ1v) is 26.3. The number of hydrogen-bond donors (Lipinski definition) is 3. The normalized spacial score (nSPS) is 46.9. The molecule has 5 saturated heterocycles. The summed E-state index contributed by atoms with van der Waals surface area (Å²) in [5.74, 6) is -2.65. The van der Waals surface area contributed by atoms with Gasteiger partial charge in [-0.3, -0.25) is 4.79 Å². The Balaban J connectivity index is 1.15. The number of hydrogen-bond acceptors (Lipinski definition) is 16. The molecule has 7 aliphatic rings. The highest BCUT2D eigenvalue weighted by atomic mass is 32.2. The van der Waals surface area contributed by atoms with E-state index in [1.807, 2.05) is 32.9 Å². The van der Waals surface area contributed by atoms with Crippen molar-refractivity contribution in [1.82, 2.24) is 0 Å². The molecule has 20 atom stereocenters. The average molecular weight is 967 g/mol. The number of rotatable bonds is 11. The number of fused-ring (bicyclic) bond motifs is 2. The van der Waals surface area contributed by atoms with Crippen LogP contribution in [0.5, 0.6) is 0 Å². The van der Waals surface area contributed by atoms with Crippen LogP contribution in [0, 0.1) is 23.7 Å². The van der Waals surface area contributed by atoms with E-state index in [-0.39, 0.29) is 36.9 Å². The largest absolute Gasteiger partial charge is 0.462 e. The standard InChI is InChI=1S/C50H78O16S/c1-11-27(2)44-30(5)17-18-49(66-44)25-36-22-35(65-49)16-15-29(4)43(28(3)13-12-14-34-26-59-47-42(52)31(6)21-37(48(53)62-36)50(34,47)54)63-40-23-38(57-9)45(32(7)60-40)64-41-24-39(58-10)46(33(8)61-41)67(55,56)20-19-51/h12-15,21,27-28,30,32-33,35-47,51-52,54H,11,16-20,22-26H2,1-10H3/b13-12+,29-15+,34-14+/t27?,28-,30-,32-,33-,35+,36-,37-,38-,39-,40-,41-,42+,43-,44+,45-,46+,47+,49+,50+/m0/s1. The lowest BCUT2D eigenvalue weighted by molar-refractivity contribution is -0.340. The lowest BCUT2D eigenvalue weighted by Gasteiger charge is -2.51. The topological polar surface area (TPSA) is 204 Å². The fourth-order valence-corrected chi connectivity index (χ4v) is 13.6. The minimum absolute atomic E-state index is 0.0158. The Labute approximate surface area is 397 Å². The van der Waals surface area contributed by atoms with E-state index in [1.54, 1.807) is 33.1 Å². The minimum atomic E-state index is -3.70. The fraction of sp³-hybridized carbons (Fsp3) is 0.820. The summed E-state index contributed by atoms with van der Waals surface area (Å²) in [5, 5.41) is 32.2. The van der Waals surface area contributed by atoms with Crippen LogP contribution in [0.25, 0.3) is 0 Å². The lowest BCUT2D eigenvalue weighted by atomic mass is 9.71. The Hall–Kier alpha value is -2.10. The van der Waals surface area contributed by atoms with E-state index in [1.165, 1.54) is 7.11 Å². The summed E-state index contributed by atoms with van der Waals surface area (Å²) in [4.78, 5) is 14.4. The van der Waals surface area contributed by atoms with Crippen molar-refractivity contribution in [2.75, 3.05) is 33.2 Å². The predicted octanol–water partition coefficient (Wildman–Crippen LogP) is 5.02. The van der Waals surface area contributed by atoms with Gasteiger partial charge in [-0.2, -0.15) is 0 Å². The zero-order valence-corrected chi connectivity index (χ0v) is 41.9. The Morgan fingerprint density at radius 2 is 1.64 bits per heavy atom. The maximum absolute atomic E-state index is 14.4. The molecule has 17 heteroatoms. The third kappa shape index (κ3) is 11.0. The van der Waals surface area contributed by atoms with Gasteiger partial charge in [-0.15, -0.1) is 0 Å². The van der Waals surface area contributed by atoms with E-state index in [4.69, 9.17) is 47.4 Å². The molecule has 5 fully saturated rings. The Bertz CT molecular complexity index is 1950. The van der Waals surface area contributed by atoms with E-state index < -0.39 is 112 Å². The van der Waals surface area contributed by atoms with Crippen LogP contribution < -0.4 is 0 Å². The SMILES string of the molecule is CCC(C)[C@H]1O[C@]2(CC[C@@H]1C)C[C@@H]1C[C@@H](C/C=C(\C)[C@@H](O[C@H]3C[C@H](OC)[C@@H](O[C@H]4C[C@H](OC)[C@H](S(=O)(=O)CCO)[C@H](C)O4)[C@H](C)O3)[C@@H](C)/C=C/C=C3\CO[C@@H]4[C@H](O)C(C)=C[C@@H](C(=O)O1)[C@]34O)O2. The molecule has 1 aliphatic carbocycles. The summed E-state index contributed by atoms with van der Waals surface area (Å²) in [6.45, 7) is 15.5. The van der Waals surface area contributed by atoms with Crippen molar-refractivity contribution < 1.29 is 75.9 Å². The number of aliphatic hydroxyl groups is 3. The molecule has 67 heavy (non-hydrogen) atoms. The van der Waals surface area contributed by atoms with Crippen LogP contribution in [0.1, 0.15) is 107 Å². The second-order valence-electron chi connectivity index (χ2n) is 20.4. The maximum atomic E-state index is 14.4. The lowest BCUT2D eigenvalue weighted by Crippen LogP contribution is -2.58. The van der Waals surface area contributed by atoms with E-state index >= 15 is 0 Å². The van der Waals surface area contributed by atoms with Gasteiger partial charge in [0.2, 0.25) is 0 Å². The van der Waals surface area contributed by atoms with Gasteiger partial charge in [0, 0.05) is 52.2 Å². The molecule has 16 nitrogen and oxygen atoms in total. The summed E-state index contributed by atoms with van der Waals surface area (Å²) in [6.07, 6.45) is 5.37. The highest BCUT2D eigenvalue weighted by Gasteiger charge is 2.60. The van der Waals surface area contributed by atoms with Crippen LogP contribution >= 0.6 is 0 Å². The summed E-state index contributed by atoms with van der Waals surface area (Å²) >= 11 is 0.